The zero-order valence-electron chi connectivity index (χ0n) is 10.7. The Bertz CT molecular complexity index is 855. The molecule has 0 bridgehead atoms. The van der Waals surface area contributed by atoms with Crippen LogP contribution in [0.2, 0.25) is 5.02 Å². The zero-order valence-corrected chi connectivity index (χ0v) is 12.3. The molecule has 0 atom stereocenters. The van der Waals surface area contributed by atoms with Gasteiger partial charge in [0.05, 0.1) is 11.3 Å². The molecule has 0 amide bonds. The summed E-state index contributed by atoms with van der Waals surface area (Å²) in [6.07, 6.45) is 0. The fourth-order valence-electron chi connectivity index (χ4n) is 1.61. The van der Waals surface area contributed by atoms with Gasteiger partial charge in [0, 0.05) is 5.02 Å². The van der Waals surface area contributed by atoms with Crippen LogP contribution < -0.4 is 4.72 Å². The lowest BCUT2D eigenvalue weighted by atomic mass is 10.2. The third-order valence-electron chi connectivity index (χ3n) is 2.64. The number of rotatable bonds is 4. The molecule has 0 aliphatic carbocycles. The Balaban J connectivity index is 2.46. The first kappa shape index (κ1) is 16.2. The average molecular weight is 348 g/mol. The highest BCUT2D eigenvalue weighted by Gasteiger charge is 2.22. The van der Waals surface area contributed by atoms with Crippen molar-refractivity contribution in [2.75, 3.05) is 4.72 Å². The first-order valence-electron chi connectivity index (χ1n) is 5.71. The Labute approximate surface area is 129 Å². The van der Waals surface area contributed by atoms with E-state index in [0.29, 0.717) is 12.1 Å². The molecule has 2 N–H and O–H groups in total. The van der Waals surface area contributed by atoms with Crippen molar-refractivity contribution in [3.63, 3.8) is 0 Å². The van der Waals surface area contributed by atoms with Crippen molar-refractivity contribution < 1.29 is 27.1 Å². The number of hydrogen-bond acceptors (Lipinski definition) is 3. The summed E-state index contributed by atoms with van der Waals surface area (Å²) in [5.41, 5.74) is -0.858. The summed E-state index contributed by atoms with van der Waals surface area (Å²) in [5.74, 6) is -3.54. The molecule has 0 aliphatic rings. The molecule has 0 aromatic heterocycles. The SMILES string of the molecule is O=C(O)c1ccc(F)c(S(=O)(=O)Nc2ccc(Cl)cc2F)c1. The molecule has 0 aliphatic heterocycles. The normalized spacial score (nSPS) is 11.2. The molecular formula is C13H8ClF2NO4S. The van der Waals surface area contributed by atoms with Crippen molar-refractivity contribution in [3.05, 3.63) is 58.6 Å². The summed E-state index contributed by atoms with van der Waals surface area (Å²) in [6, 6.07) is 5.45. The third-order valence-corrected chi connectivity index (χ3v) is 4.26. The Morgan fingerprint density at radius 1 is 1.09 bits per heavy atom. The number of nitrogens with one attached hydrogen (secondary N) is 1. The lowest BCUT2D eigenvalue weighted by molar-refractivity contribution is 0.0696. The molecule has 0 fully saturated rings. The number of halogens is 3. The van der Waals surface area contributed by atoms with E-state index < -0.39 is 43.8 Å². The van der Waals surface area contributed by atoms with E-state index in [-0.39, 0.29) is 5.02 Å². The van der Waals surface area contributed by atoms with Gasteiger partial charge in [-0.15, -0.1) is 0 Å². The van der Waals surface area contributed by atoms with Crippen LogP contribution in [0.25, 0.3) is 0 Å². The summed E-state index contributed by atoms with van der Waals surface area (Å²) in [6.45, 7) is 0. The lowest BCUT2D eigenvalue weighted by Gasteiger charge is -2.10. The number of carbonyl (C=O) groups is 1. The molecule has 0 saturated carbocycles. The number of carboxylic acids is 1. The van der Waals surface area contributed by atoms with Gasteiger partial charge < -0.3 is 5.11 Å². The second kappa shape index (κ2) is 5.90. The van der Waals surface area contributed by atoms with Gasteiger partial charge >= 0.3 is 5.97 Å². The van der Waals surface area contributed by atoms with Crippen LogP contribution in [0, 0.1) is 11.6 Å². The van der Waals surface area contributed by atoms with Crippen molar-refractivity contribution >= 4 is 33.3 Å². The molecule has 22 heavy (non-hydrogen) atoms. The molecule has 2 rings (SSSR count). The molecular weight excluding hydrogens is 340 g/mol. The van der Waals surface area contributed by atoms with Crippen LogP contribution >= 0.6 is 11.6 Å². The van der Waals surface area contributed by atoms with Gasteiger partial charge in [0.15, 0.2) is 0 Å². The summed E-state index contributed by atoms with van der Waals surface area (Å²) >= 11 is 5.54. The highest BCUT2D eigenvalue weighted by Crippen LogP contribution is 2.24. The maximum absolute atomic E-state index is 13.7. The lowest BCUT2D eigenvalue weighted by Crippen LogP contribution is -2.16. The summed E-state index contributed by atoms with van der Waals surface area (Å²) < 4.78 is 53.3. The standard InChI is InChI=1S/C13H8ClF2NO4S/c14-8-2-4-11(10(16)6-8)17-22(20,21)12-5-7(13(18)19)1-3-9(12)15/h1-6,17H,(H,18,19). The summed E-state index contributed by atoms with van der Waals surface area (Å²) in [7, 11) is -4.51. The van der Waals surface area contributed by atoms with Crippen molar-refractivity contribution in [2.45, 2.75) is 4.90 Å². The number of hydrogen-bond donors (Lipinski definition) is 2. The van der Waals surface area contributed by atoms with E-state index in [1.165, 1.54) is 6.07 Å². The zero-order chi connectivity index (χ0) is 16.5. The average Bonchev–Trinajstić information content (AvgIpc) is 2.42. The Kier molecular flexibility index (Phi) is 4.34. The molecule has 116 valence electrons. The third kappa shape index (κ3) is 3.34. The highest BCUT2D eigenvalue weighted by molar-refractivity contribution is 7.92. The second-order valence-electron chi connectivity index (χ2n) is 4.18. The van der Waals surface area contributed by atoms with Crippen LogP contribution in [0.1, 0.15) is 10.4 Å². The largest absolute Gasteiger partial charge is 0.478 e. The van der Waals surface area contributed by atoms with Gasteiger partial charge in [-0.2, -0.15) is 0 Å². The number of benzene rings is 2. The van der Waals surface area contributed by atoms with Crippen LogP contribution in [0.3, 0.4) is 0 Å². The van der Waals surface area contributed by atoms with Gasteiger partial charge in [0.1, 0.15) is 16.5 Å². The molecule has 0 saturated heterocycles. The van der Waals surface area contributed by atoms with E-state index in [2.05, 4.69) is 0 Å². The van der Waals surface area contributed by atoms with Gasteiger partial charge in [-0.3, -0.25) is 4.72 Å². The van der Waals surface area contributed by atoms with Crippen molar-refractivity contribution in [3.8, 4) is 0 Å². The maximum atomic E-state index is 13.7. The molecule has 0 unspecified atom stereocenters. The van der Waals surface area contributed by atoms with E-state index in [0.717, 1.165) is 18.2 Å². The molecule has 2 aromatic rings. The van der Waals surface area contributed by atoms with Crippen molar-refractivity contribution in [2.24, 2.45) is 0 Å². The predicted molar refractivity (Wildman–Crippen MR) is 75.6 cm³/mol. The number of sulfonamides is 1. The monoisotopic (exact) mass is 347 g/mol. The molecule has 0 heterocycles. The van der Waals surface area contributed by atoms with Gasteiger partial charge in [-0.25, -0.2) is 22.0 Å². The van der Waals surface area contributed by atoms with Crippen molar-refractivity contribution in [1.82, 2.24) is 0 Å². The van der Waals surface area contributed by atoms with E-state index in [1.54, 1.807) is 0 Å². The highest BCUT2D eigenvalue weighted by atomic mass is 35.5. The minimum atomic E-state index is -4.51. The number of carboxylic acid groups (broad SMARTS) is 1. The first-order chi connectivity index (χ1) is 10.2. The Morgan fingerprint density at radius 2 is 1.77 bits per heavy atom. The van der Waals surface area contributed by atoms with Crippen LogP contribution in [0.5, 0.6) is 0 Å². The minimum absolute atomic E-state index is 0.0551. The Morgan fingerprint density at radius 3 is 2.36 bits per heavy atom. The first-order valence-corrected chi connectivity index (χ1v) is 7.57. The minimum Gasteiger partial charge on any atom is -0.478 e. The fourth-order valence-corrected chi connectivity index (χ4v) is 2.94. The molecule has 0 spiro atoms. The smallest absolute Gasteiger partial charge is 0.335 e. The van der Waals surface area contributed by atoms with Crippen LogP contribution in [0.15, 0.2) is 41.3 Å². The number of aromatic carboxylic acids is 1. The molecule has 2 aromatic carbocycles. The quantitative estimate of drug-likeness (QED) is 0.890. The molecule has 0 radical (unpaired) electrons. The summed E-state index contributed by atoms with van der Waals surface area (Å²) in [5, 5.41) is 8.87. The van der Waals surface area contributed by atoms with Gasteiger partial charge in [-0.05, 0) is 36.4 Å². The van der Waals surface area contributed by atoms with E-state index in [1.807, 2.05) is 4.72 Å². The topological polar surface area (TPSA) is 83.5 Å². The summed E-state index contributed by atoms with van der Waals surface area (Å²) in [4.78, 5) is 9.93. The Hall–Kier alpha value is -2.19. The predicted octanol–water partition coefficient (Wildman–Crippen LogP) is 3.12. The van der Waals surface area contributed by atoms with Crippen LogP contribution in [0.4, 0.5) is 14.5 Å². The van der Waals surface area contributed by atoms with Crippen LogP contribution in [-0.4, -0.2) is 19.5 Å². The second-order valence-corrected chi connectivity index (χ2v) is 6.27. The fraction of sp³-hybridized carbons (Fsp3) is 0. The molecule has 9 heteroatoms. The molecule has 5 nitrogen and oxygen atoms in total. The van der Waals surface area contributed by atoms with Gasteiger partial charge in [-0.1, -0.05) is 11.6 Å². The number of anilines is 1. The van der Waals surface area contributed by atoms with E-state index in [4.69, 9.17) is 16.7 Å². The van der Waals surface area contributed by atoms with Gasteiger partial charge in [0.25, 0.3) is 10.0 Å². The van der Waals surface area contributed by atoms with E-state index >= 15 is 0 Å². The van der Waals surface area contributed by atoms with Crippen molar-refractivity contribution in [1.29, 1.82) is 0 Å². The van der Waals surface area contributed by atoms with E-state index in [9.17, 15) is 22.0 Å². The van der Waals surface area contributed by atoms with Gasteiger partial charge in [0.2, 0.25) is 0 Å². The van der Waals surface area contributed by atoms with Crippen LogP contribution in [-0.2, 0) is 10.0 Å². The maximum Gasteiger partial charge on any atom is 0.335 e.